The number of rotatable bonds is 15. The van der Waals surface area contributed by atoms with Crippen molar-refractivity contribution in [3.05, 3.63) is 64.5 Å². The fourth-order valence-corrected chi connectivity index (χ4v) is 6.96. The Bertz CT molecular complexity index is 1760. The van der Waals surface area contributed by atoms with Crippen LogP contribution in [0, 0.1) is 5.92 Å². The molecule has 1 aromatic heterocycles. The summed E-state index contributed by atoms with van der Waals surface area (Å²) in [6, 6.07) is 9.94. The van der Waals surface area contributed by atoms with E-state index in [-0.39, 0.29) is 49.0 Å². The van der Waals surface area contributed by atoms with E-state index in [9.17, 15) is 35.2 Å². The number of amides is 1. The lowest BCUT2D eigenvalue weighted by atomic mass is 10.0. The molecule has 0 bridgehead atoms. The van der Waals surface area contributed by atoms with Crippen molar-refractivity contribution in [3.8, 4) is 5.75 Å². The van der Waals surface area contributed by atoms with Crippen molar-refractivity contribution in [1.29, 1.82) is 0 Å². The largest absolute Gasteiger partial charge is 0.573 e. The summed E-state index contributed by atoms with van der Waals surface area (Å²) in [5.74, 6) is -3.26. The minimum Gasteiger partial charge on any atom is -0.406 e. The first kappa shape index (κ1) is 37.9. The molecule has 0 fully saturated rings. The molecule has 1 atom stereocenters. The number of nitrogens with one attached hydrogen (secondary N) is 1. The van der Waals surface area contributed by atoms with Crippen LogP contribution in [0.3, 0.4) is 0 Å². The molecule has 17 heteroatoms. The zero-order valence-electron chi connectivity index (χ0n) is 27.3. The standard InChI is InChI=1S/C32H37F5N6O4S2/c1-5-31(33,34)24-8-6-23(7-9-24)14-16-39-29(44)21(2)20-43(30-41-28-27(48-30)15-17-38-22(3)40-28)19-18-42(4)49(45,46)26-12-10-25(11-13-26)47-32(35,36)37/h6-13,17,21H,5,14-16,18-20H2,1-4H3,(H,39,44)/t21-/m1/s1. The van der Waals surface area contributed by atoms with Crippen molar-refractivity contribution < 1.29 is 39.9 Å². The van der Waals surface area contributed by atoms with Crippen LogP contribution in [-0.4, -0.2) is 75.3 Å². The van der Waals surface area contributed by atoms with E-state index in [0.29, 0.717) is 29.6 Å². The molecule has 10 nitrogen and oxygen atoms in total. The van der Waals surface area contributed by atoms with Gasteiger partial charge in [0.25, 0.3) is 5.92 Å². The number of halogens is 5. The van der Waals surface area contributed by atoms with Gasteiger partial charge in [0.05, 0.1) is 15.7 Å². The Hall–Kier alpha value is -3.96. The number of hydrogen-bond acceptors (Lipinski definition) is 9. The number of carbonyl (C=O) groups excluding carboxylic acids is 1. The summed E-state index contributed by atoms with van der Waals surface area (Å²) in [4.78, 5) is 28.9. The van der Waals surface area contributed by atoms with E-state index in [1.807, 2.05) is 0 Å². The Balaban J connectivity index is 1.43. The molecule has 1 amide bonds. The van der Waals surface area contributed by atoms with Crippen molar-refractivity contribution in [3.63, 3.8) is 0 Å². The van der Waals surface area contributed by atoms with E-state index in [4.69, 9.17) is 0 Å². The Kier molecular flexibility index (Phi) is 12.1. The molecule has 2 heterocycles. The lowest BCUT2D eigenvalue weighted by Gasteiger charge is -2.27. The quantitative estimate of drug-likeness (QED) is 0.183. The van der Waals surface area contributed by atoms with Crippen LogP contribution in [0.5, 0.6) is 5.75 Å². The molecule has 266 valence electrons. The number of alkyl halides is 5. The maximum Gasteiger partial charge on any atom is 0.573 e. The number of aliphatic imine (C=N–C) groups is 2. The molecule has 1 aliphatic heterocycles. The summed E-state index contributed by atoms with van der Waals surface area (Å²) in [7, 11) is -2.75. The van der Waals surface area contributed by atoms with Gasteiger partial charge in [-0.1, -0.05) is 49.4 Å². The van der Waals surface area contributed by atoms with Crippen LogP contribution >= 0.6 is 11.3 Å². The van der Waals surface area contributed by atoms with Gasteiger partial charge in [0.1, 0.15) is 11.6 Å². The minimum atomic E-state index is -4.91. The van der Waals surface area contributed by atoms with E-state index < -0.39 is 34.0 Å². The fraction of sp³-hybridized carbons (Fsp3) is 0.438. The van der Waals surface area contributed by atoms with E-state index in [0.717, 1.165) is 39.0 Å². The monoisotopic (exact) mass is 728 g/mol. The van der Waals surface area contributed by atoms with Gasteiger partial charge in [-0.25, -0.2) is 32.2 Å². The molecule has 1 aliphatic rings. The number of amidine groups is 1. The number of thiazole rings is 1. The first-order valence-corrected chi connectivity index (χ1v) is 17.6. The predicted molar refractivity (Wildman–Crippen MR) is 179 cm³/mol. The number of carbonyl (C=O) groups is 1. The molecule has 0 spiro atoms. The van der Waals surface area contributed by atoms with Gasteiger partial charge in [-0.3, -0.25) is 4.79 Å². The summed E-state index contributed by atoms with van der Waals surface area (Å²) >= 11 is 1.35. The van der Waals surface area contributed by atoms with E-state index in [1.165, 1.54) is 37.4 Å². The van der Waals surface area contributed by atoms with Crippen LogP contribution in [0.25, 0.3) is 0 Å². The molecule has 0 aliphatic carbocycles. The molecule has 0 radical (unpaired) electrons. The summed E-state index contributed by atoms with van der Waals surface area (Å²) in [5, 5.41) is 3.41. The predicted octanol–water partition coefficient (Wildman–Crippen LogP) is 6.34. The van der Waals surface area contributed by atoms with Crippen molar-refractivity contribution in [2.24, 2.45) is 15.9 Å². The summed E-state index contributed by atoms with van der Waals surface area (Å²) < 4.78 is 96.9. The van der Waals surface area contributed by atoms with Gasteiger partial charge in [-0.2, -0.15) is 4.31 Å². The average Bonchev–Trinajstić information content (AvgIpc) is 3.35. The smallest absolute Gasteiger partial charge is 0.406 e. The van der Waals surface area contributed by atoms with Crippen molar-refractivity contribution in [2.45, 2.75) is 57.2 Å². The molecule has 3 aromatic rings. The molecule has 4 rings (SSSR count). The summed E-state index contributed by atoms with van der Waals surface area (Å²) in [5.41, 5.74) is 0.733. The molecule has 2 aromatic carbocycles. The molecule has 0 saturated heterocycles. The maximum atomic E-state index is 13.9. The van der Waals surface area contributed by atoms with Gasteiger partial charge in [-0.05, 0) is 43.2 Å². The Morgan fingerprint density at radius 2 is 1.73 bits per heavy atom. The summed E-state index contributed by atoms with van der Waals surface area (Å²) in [6.45, 7) is 5.42. The highest BCUT2D eigenvalue weighted by molar-refractivity contribution is 7.89. The highest BCUT2D eigenvalue weighted by atomic mass is 32.2. The Labute approximate surface area is 285 Å². The fourth-order valence-electron chi connectivity index (χ4n) is 4.81. The number of ether oxygens (including phenoxy) is 1. The molecule has 49 heavy (non-hydrogen) atoms. The first-order chi connectivity index (χ1) is 23.0. The zero-order valence-corrected chi connectivity index (χ0v) is 28.9. The molecular weight excluding hydrogens is 692 g/mol. The molecular formula is C32H37F5N6O4S2. The number of hydrogen-bond donors (Lipinski definition) is 1. The second-order valence-electron chi connectivity index (χ2n) is 11.4. The number of sulfonamides is 1. The third kappa shape index (κ3) is 10.3. The van der Waals surface area contributed by atoms with Crippen LogP contribution < -0.4 is 15.0 Å². The number of fused-ring (bicyclic) bond motifs is 1. The van der Waals surface area contributed by atoms with Gasteiger partial charge in [0.15, 0.2) is 10.9 Å². The van der Waals surface area contributed by atoms with Crippen LogP contribution in [0.2, 0.25) is 0 Å². The van der Waals surface area contributed by atoms with Crippen LogP contribution in [-0.2, 0) is 33.6 Å². The average molecular weight is 729 g/mol. The molecule has 1 N–H and O–H groups in total. The minimum absolute atomic E-state index is 0.0431. The number of nitrogens with zero attached hydrogens (tertiary/aromatic N) is 5. The molecule has 0 unspecified atom stereocenters. The molecule has 0 saturated carbocycles. The van der Waals surface area contributed by atoms with Crippen LogP contribution in [0.1, 0.15) is 43.2 Å². The third-order valence-electron chi connectivity index (χ3n) is 7.68. The normalized spacial score (nSPS) is 14.2. The SMILES string of the molecule is CCC(F)(F)c1ccc(CCNC(=O)[C@H](C)CN(CCN(C)S(=O)(=O)c2ccc(OC(F)(F)F)cc2)c2nc3c(s2)CC=NC(C)=N3)cc1. The van der Waals surface area contributed by atoms with Crippen LogP contribution in [0.4, 0.5) is 32.9 Å². The second kappa shape index (κ2) is 15.7. The van der Waals surface area contributed by atoms with Gasteiger partial charge in [0, 0.05) is 57.8 Å². The number of anilines is 1. The van der Waals surface area contributed by atoms with Crippen molar-refractivity contribution in [2.75, 3.05) is 38.1 Å². The number of benzene rings is 2. The Morgan fingerprint density at radius 3 is 2.37 bits per heavy atom. The lowest BCUT2D eigenvalue weighted by Crippen LogP contribution is -2.42. The second-order valence-corrected chi connectivity index (χ2v) is 14.5. The van der Waals surface area contributed by atoms with Crippen molar-refractivity contribution in [1.82, 2.24) is 14.6 Å². The lowest BCUT2D eigenvalue weighted by molar-refractivity contribution is -0.274. The highest BCUT2D eigenvalue weighted by Gasteiger charge is 2.32. The van der Waals surface area contributed by atoms with E-state index in [2.05, 4.69) is 25.0 Å². The maximum absolute atomic E-state index is 13.9. The van der Waals surface area contributed by atoms with E-state index in [1.54, 1.807) is 37.1 Å². The van der Waals surface area contributed by atoms with Gasteiger partial charge >= 0.3 is 6.36 Å². The van der Waals surface area contributed by atoms with Gasteiger partial charge in [0.2, 0.25) is 15.9 Å². The summed E-state index contributed by atoms with van der Waals surface area (Å²) in [6.07, 6.45) is -2.56. The Morgan fingerprint density at radius 1 is 1.06 bits per heavy atom. The first-order valence-electron chi connectivity index (χ1n) is 15.4. The van der Waals surface area contributed by atoms with Gasteiger partial charge in [-0.15, -0.1) is 13.2 Å². The third-order valence-corrected chi connectivity index (χ3v) is 10.7. The topological polar surface area (TPSA) is 117 Å². The van der Waals surface area contributed by atoms with Crippen molar-refractivity contribution >= 4 is 50.3 Å². The van der Waals surface area contributed by atoms with E-state index >= 15 is 0 Å². The highest BCUT2D eigenvalue weighted by Crippen LogP contribution is 2.34. The number of likely N-dealkylation sites (N-methyl/N-ethyl adjacent to an activating group) is 1. The van der Waals surface area contributed by atoms with Crippen LogP contribution in [0.15, 0.2) is 63.4 Å². The van der Waals surface area contributed by atoms with Gasteiger partial charge < -0.3 is 15.0 Å². The zero-order chi connectivity index (χ0) is 36.0. The number of aromatic nitrogens is 1.